The summed E-state index contributed by atoms with van der Waals surface area (Å²) < 4.78 is 17.7. The summed E-state index contributed by atoms with van der Waals surface area (Å²) in [5.74, 6) is -0.646. The summed E-state index contributed by atoms with van der Waals surface area (Å²) in [7, 11) is 0. The predicted octanol–water partition coefficient (Wildman–Crippen LogP) is 1.43. The Hall–Kier alpha value is -0.650. The van der Waals surface area contributed by atoms with E-state index in [0.717, 1.165) is 12.8 Å². The van der Waals surface area contributed by atoms with E-state index in [-0.39, 0.29) is 23.7 Å². The average molecular weight is 282 g/mol. The monoisotopic (exact) mass is 282 g/mol. The van der Waals surface area contributed by atoms with Crippen molar-refractivity contribution in [3.8, 4) is 0 Å². The van der Waals surface area contributed by atoms with Crippen molar-refractivity contribution in [3.05, 3.63) is 0 Å². The first-order chi connectivity index (χ1) is 9.38. The van der Waals surface area contributed by atoms with Crippen molar-refractivity contribution < 1.29 is 24.1 Å². The van der Waals surface area contributed by atoms with Crippen LogP contribution in [0.2, 0.25) is 0 Å². The van der Waals surface area contributed by atoms with Gasteiger partial charge >= 0.3 is 5.97 Å². The van der Waals surface area contributed by atoms with Gasteiger partial charge in [0, 0.05) is 5.92 Å². The smallest absolute Gasteiger partial charge is 0.311 e. The van der Waals surface area contributed by atoms with Crippen molar-refractivity contribution in [2.45, 2.75) is 63.8 Å². The average Bonchev–Trinajstić information content (AvgIpc) is 2.64. The highest BCUT2D eigenvalue weighted by molar-refractivity contribution is 5.74. The quantitative estimate of drug-likeness (QED) is 0.681. The van der Waals surface area contributed by atoms with Crippen LogP contribution >= 0.6 is 0 Å². The molecule has 2 bridgehead atoms. The second-order valence-electron chi connectivity index (χ2n) is 7.17. The minimum atomic E-state index is -1.04. The molecule has 1 spiro atoms. The van der Waals surface area contributed by atoms with Crippen molar-refractivity contribution in [2.24, 2.45) is 23.7 Å². The SMILES string of the molecule is C[C@@H]1CC[C@H]2[C@@H](C)C(=O)O[C@@H]3O[C@]4(C)O[C@@]32[C@H]1C[C@H]4O. The lowest BCUT2D eigenvalue weighted by Gasteiger charge is -2.56. The molecule has 4 fully saturated rings. The van der Waals surface area contributed by atoms with Crippen molar-refractivity contribution in [2.75, 3.05) is 0 Å². The van der Waals surface area contributed by atoms with E-state index in [1.165, 1.54) is 0 Å². The lowest BCUT2D eigenvalue weighted by atomic mass is 9.57. The molecule has 0 aromatic carbocycles. The zero-order valence-electron chi connectivity index (χ0n) is 12.2. The number of aliphatic hydroxyl groups excluding tert-OH is 1. The second kappa shape index (κ2) is 3.76. The molecule has 5 nitrogen and oxygen atoms in total. The van der Waals surface area contributed by atoms with Crippen LogP contribution < -0.4 is 0 Å². The van der Waals surface area contributed by atoms with Crippen molar-refractivity contribution in [3.63, 3.8) is 0 Å². The summed E-state index contributed by atoms with van der Waals surface area (Å²) in [6.45, 7) is 5.88. The maximum atomic E-state index is 12.1. The summed E-state index contributed by atoms with van der Waals surface area (Å²) in [4.78, 5) is 12.1. The molecule has 0 aromatic rings. The number of carbonyl (C=O) groups is 1. The van der Waals surface area contributed by atoms with E-state index in [0.29, 0.717) is 12.3 Å². The Morgan fingerprint density at radius 3 is 2.75 bits per heavy atom. The van der Waals surface area contributed by atoms with E-state index < -0.39 is 23.8 Å². The number of rotatable bonds is 0. The molecule has 3 saturated heterocycles. The molecule has 1 aliphatic carbocycles. The van der Waals surface area contributed by atoms with Crippen LogP contribution in [-0.2, 0) is 19.0 Å². The minimum absolute atomic E-state index is 0.129. The van der Waals surface area contributed by atoms with Crippen LogP contribution in [0.1, 0.15) is 40.0 Å². The first kappa shape index (κ1) is 13.0. The van der Waals surface area contributed by atoms with Gasteiger partial charge in [-0.05, 0) is 38.0 Å². The van der Waals surface area contributed by atoms with Gasteiger partial charge in [0.25, 0.3) is 0 Å². The third kappa shape index (κ3) is 1.32. The molecule has 3 aliphatic heterocycles. The van der Waals surface area contributed by atoms with Gasteiger partial charge in [0.05, 0.1) is 5.92 Å². The Bertz CT molecular complexity index is 465. The Morgan fingerprint density at radius 2 is 2.00 bits per heavy atom. The van der Waals surface area contributed by atoms with Gasteiger partial charge in [-0.2, -0.15) is 0 Å². The molecule has 1 N–H and O–H groups in total. The van der Waals surface area contributed by atoms with Crippen molar-refractivity contribution >= 4 is 5.97 Å². The highest BCUT2D eigenvalue weighted by atomic mass is 16.8. The van der Waals surface area contributed by atoms with Crippen LogP contribution in [0, 0.1) is 23.7 Å². The standard InChI is InChI=1S/C15H22O5/c1-7-4-5-9-8(2)12(17)18-13-15(9)10(7)6-11(16)14(3,19-13)20-15/h7-11,13,16H,4-6H2,1-3H3/t7-,8-,9+,10+,11-,13-,14-,15+/m1/s1. The summed E-state index contributed by atoms with van der Waals surface area (Å²) >= 11 is 0. The summed E-state index contributed by atoms with van der Waals surface area (Å²) in [6.07, 6.45) is 1.35. The Morgan fingerprint density at radius 1 is 1.25 bits per heavy atom. The summed E-state index contributed by atoms with van der Waals surface area (Å²) in [5, 5.41) is 10.4. The van der Waals surface area contributed by atoms with E-state index in [4.69, 9.17) is 14.2 Å². The topological polar surface area (TPSA) is 65.0 Å². The fraction of sp³-hybridized carbons (Fsp3) is 0.933. The molecule has 8 atom stereocenters. The van der Waals surface area contributed by atoms with Crippen molar-refractivity contribution in [1.29, 1.82) is 0 Å². The number of hydrogen-bond acceptors (Lipinski definition) is 5. The van der Waals surface area contributed by atoms with Gasteiger partial charge in [-0.25, -0.2) is 0 Å². The fourth-order valence-corrected chi connectivity index (χ4v) is 4.97. The Kier molecular flexibility index (Phi) is 2.45. The van der Waals surface area contributed by atoms with Gasteiger partial charge in [-0.3, -0.25) is 4.79 Å². The largest absolute Gasteiger partial charge is 0.432 e. The molecule has 5 heteroatoms. The second-order valence-corrected chi connectivity index (χ2v) is 7.17. The Labute approximate surface area is 118 Å². The number of fused-ring (bicyclic) bond motifs is 1. The highest BCUT2D eigenvalue weighted by Crippen LogP contribution is 2.62. The van der Waals surface area contributed by atoms with Crippen LogP contribution in [0.5, 0.6) is 0 Å². The maximum absolute atomic E-state index is 12.1. The van der Waals surface area contributed by atoms with Gasteiger partial charge in [-0.1, -0.05) is 13.8 Å². The molecule has 4 aliphatic rings. The number of esters is 1. The minimum Gasteiger partial charge on any atom is -0.432 e. The number of hydrogen-bond donors (Lipinski definition) is 1. The molecule has 112 valence electrons. The Balaban J connectivity index is 1.85. The van der Waals surface area contributed by atoms with Crippen LogP contribution in [-0.4, -0.2) is 34.9 Å². The van der Waals surface area contributed by atoms with Gasteiger partial charge in [-0.15, -0.1) is 0 Å². The van der Waals surface area contributed by atoms with Crippen LogP contribution in [0.4, 0.5) is 0 Å². The van der Waals surface area contributed by atoms with Crippen LogP contribution in [0.15, 0.2) is 0 Å². The molecular formula is C15H22O5. The van der Waals surface area contributed by atoms with Gasteiger partial charge in [0.2, 0.25) is 6.29 Å². The number of carbonyl (C=O) groups excluding carboxylic acids is 1. The normalized spacial score (nSPS) is 60.9. The molecule has 3 heterocycles. The predicted molar refractivity (Wildman–Crippen MR) is 68.4 cm³/mol. The molecule has 0 radical (unpaired) electrons. The highest BCUT2D eigenvalue weighted by Gasteiger charge is 2.74. The van der Waals surface area contributed by atoms with Gasteiger partial charge in [0.1, 0.15) is 11.7 Å². The van der Waals surface area contributed by atoms with Gasteiger partial charge < -0.3 is 19.3 Å². The van der Waals surface area contributed by atoms with Crippen LogP contribution in [0.3, 0.4) is 0 Å². The zero-order valence-corrected chi connectivity index (χ0v) is 12.2. The van der Waals surface area contributed by atoms with Crippen molar-refractivity contribution in [1.82, 2.24) is 0 Å². The molecule has 0 unspecified atom stereocenters. The van der Waals surface area contributed by atoms with E-state index in [9.17, 15) is 9.90 Å². The van der Waals surface area contributed by atoms with Crippen LogP contribution in [0.25, 0.3) is 0 Å². The summed E-state index contributed by atoms with van der Waals surface area (Å²) in [5.41, 5.74) is -0.557. The molecule has 1 saturated carbocycles. The number of ether oxygens (including phenoxy) is 3. The fourth-order valence-electron chi connectivity index (χ4n) is 4.97. The zero-order chi connectivity index (χ0) is 14.3. The molecule has 20 heavy (non-hydrogen) atoms. The van der Waals surface area contributed by atoms with E-state index >= 15 is 0 Å². The molecule has 0 aromatic heterocycles. The van der Waals surface area contributed by atoms with E-state index in [1.807, 2.05) is 6.92 Å². The van der Waals surface area contributed by atoms with Gasteiger partial charge in [0.15, 0.2) is 5.79 Å². The summed E-state index contributed by atoms with van der Waals surface area (Å²) in [6, 6.07) is 0. The molecule has 0 amide bonds. The lowest BCUT2D eigenvalue weighted by molar-refractivity contribution is -0.294. The number of aliphatic hydroxyl groups is 1. The lowest BCUT2D eigenvalue weighted by Crippen LogP contribution is -2.66. The third-order valence-electron chi connectivity index (χ3n) is 6.15. The maximum Gasteiger partial charge on any atom is 0.311 e. The third-order valence-corrected chi connectivity index (χ3v) is 6.15. The first-order valence-electron chi connectivity index (χ1n) is 7.65. The van der Waals surface area contributed by atoms with E-state index in [1.54, 1.807) is 6.92 Å². The first-order valence-corrected chi connectivity index (χ1v) is 7.65. The van der Waals surface area contributed by atoms with E-state index in [2.05, 4.69) is 6.92 Å². The molecular weight excluding hydrogens is 260 g/mol. The molecule has 4 rings (SSSR count).